The van der Waals surface area contributed by atoms with E-state index >= 15 is 0 Å². The Morgan fingerprint density at radius 2 is 1.67 bits per heavy atom. The number of fused-ring (bicyclic) bond motifs is 1. The van der Waals surface area contributed by atoms with Gasteiger partial charge in [0.05, 0.1) is 36.6 Å². The molecule has 3 aromatic rings. The third kappa shape index (κ3) is 4.53. The fourth-order valence-corrected chi connectivity index (χ4v) is 2.77. The molecule has 0 radical (unpaired) electrons. The minimum Gasteiger partial charge on any atom is -0.493 e. The zero-order valence-electron chi connectivity index (χ0n) is 15.7. The monoisotopic (exact) mass is 366 g/mol. The van der Waals surface area contributed by atoms with E-state index in [4.69, 9.17) is 14.2 Å². The van der Waals surface area contributed by atoms with E-state index in [1.54, 1.807) is 14.2 Å². The Morgan fingerprint density at radius 1 is 0.963 bits per heavy atom. The maximum atomic E-state index is 12.1. The highest BCUT2D eigenvalue weighted by Gasteiger charge is 2.10. The molecule has 1 aromatic heterocycles. The molecular formula is C21H22N2O4. The van der Waals surface area contributed by atoms with Crippen LogP contribution in [0.25, 0.3) is 11.0 Å². The minimum absolute atomic E-state index is 0.119. The summed E-state index contributed by atoms with van der Waals surface area (Å²) >= 11 is 0. The molecule has 0 unspecified atom stereocenters. The number of esters is 1. The number of hydrogen-bond acceptors (Lipinski definition) is 6. The van der Waals surface area contributed by atoms with E-state index in [0.717, 1.165) is 22.3 Å². The van der Waals surface area contributed by atoms with Crippen LogP contribution in [-0.4, -0.2) is 30.2 Å². The zero-order chi connectivity index (χ0) is 19.2. The van der Waals surface area contributed by atoms with Gasteiger partial charge in [0, 0.05) is 6.42 Å². The van der Waals surface area contributed by atoms with Crippen LogP contribution in [0.1, 0.15) is 23.4 Å². The zero-order valence-corrected chi connectivity index (χ0v) is 15.7. The number of hydrogen-bond donors (Lipinski definition) is 0. The molecule has 0 aliphatic rings. The van der Waals surface area contributed by atoms with Crippen LogP contribution in [0, 0.1) is 6.92 Å². The lowest BCUT2D eigenvalue weighted by Crippen LogP contribution is -2.09. The third-order valence-electron chi connectivity index (χ3n) is 4.28. The van der Waals surface area contributed by atoms with Crippen LogP contribution in [0.15, 0.2) is 42.5 Å². The first-order chi connectivity index (χ1) is 13.1. The normalized spacial score (nSPS) is 10.6. The summed E-state index contributed by atoms with van der Waals surface area (Å²) in [5, 5.41) is 0. The molecule has 0 N–H and O–H groups in total. The number of rotatable bonds is 7. The Balaban J connectivity index is 1.58. The number of para-hydroxylation sites is 2. The summed E-state index contributed by atoms with van der Waals surface area (Å²) in [6.45, 7) is 1.99. The van der Waals surface area contributed by atoms with E-state index in [9.17, 15) is 4.79 Å². The smallest absolute Gasteiger partial charge is 0.306 e. The molecule has 0 amide bonds. The molecular weight excluding hydrogens is 344 g/mol. The average Bonchev–Trinajstić information content (AvgIpc) is 2.70. The number of ether oxygens (including phenoxy) is 3. The molecule has 0 fully saturated rings. The molecule has 2 aromatic carbocycles. The van der Waals surface area contributed by atoms with E-state index in [1.165, 1.54) is 0 Å². The Morgan fingerprint density at radius 3 is 2.37 bits per heavy atom. The van der Waals surface area contributed by atoms with Crippen molar-refractivity contribution in [2.75, 3.05) is 14.2 Å². The van der Waals surface area contributed by atoms with Crippen LogP contribution < -0.4 is 9.47 Å². The fraction of sp³-hybridized carbons (Fsp3) is 0.286. The van der Waals surface area contributed by atoms with Crippen molar-refractivity contribution in [2.45, 2.75) is 26.4 Å². The standard InChI is InChI=1S/C21H22N2O4/c1-14-18(23-17-7-5-4-6-16(17)22-14)13-27-21(24)11-9-15-8-10-19(25-2)20(12-15)26-3/h4-8,10,12H,9,11,13H2,1-3H3. The summed E-state index contributed by atoms with van der Waals surface area (Å²) in [6.07, 6.45) is 0.830. The van der Waals surface area contributed by atoms with Gasteiger partial charge in [0.25, 0.3) is 0 Å². The van der Waals surface area contributed by atoms with Gasteiger partial charge < -0.3 is 14.2 Å². The molecule has 6 nitrogen and oxygen atoms in total. The highest BCUT2D eigenvalue weighted by molar-refractivity contribution is 5.74. The molecule has 0 spiro atoms. The second-order valence-electron chi connectivity index (χ2n) is 6.09. The molecule has 0 atom stereocenters. The maximum absolute atomic E-state index is 12.1. The summed E-state index contributed by atoms with van der Waals surface area (Å²) in [5.74, 6) is 1.03. The van der Waals surface area contributed by atoms with Gasteiger partial charge in [-0.1, -0.05) is 18.2 Å². The average molecular weight is 366 g/mol. The van der Waals surface area contributed by atoms with Crippen LogP contribution >= 0.6 is 0 Å². The van der Waals surface area contributed by atoms with Crippen molar-refractivity contribution in [1.82, 2.24) is 9.97 Å². The van der Waals surface area contributed by atoms with Crippen molar-refractivity contribution in [2.24, 2.45) is 0 Å². The lowest BCUT2D eigenvalue weighted by Gasteiger charge is -2.10. The SMILES string of the molecule is COc1ccc(CCC(=O)OCc2nc3ccccc3nc2C)cc1OC. The number of methoxy groups -OCH3 is 2. The fourth-order valence-electron chi connectivity index (χ4n) is 2.77. The first-order valence-electron chi connectivity index (χ1n) is 8.69. The number of carbonyl (C=O) groups is 1. The number of nitrogens with zero attached hydrogens (tertiary/aromatic N) is 2. The van der Waals surface area contributed by atoms with Gasteiger partial charge in [0.2, 0.25) is 0 Å². The van der Waals surface area contributed by atoms with Crippen molar-refractivity contribution in [3.8, 4) is 11.5 Å². The van der Waals surface area contributed by atoms with Crippen molar-refractivity contribution in [3.63, 3.8) is 0 Å². The lowest BCUT2D eigenvalue weighted by molar-refractivity contribution is -0.145. The van der Waals surface area contributed by atoms with E-state index in [-0.39, 0.29) is 19.0 Å². The molecule has 27 heavy (non-hydrogen) atoms. The van der Waals surface area contributed by atoms with Crippen LogP contribution in [0.5, 0.6) is 11.5 Å². The summed E-state index contributed by atoms with van der Waals surface area (Å²) < 4.78 is 15.9. The minimum atomic E-state index is -0.279. The Hall–Kier alpha value is -3.15. The lowest BCUT2D eigenvalue weighted by atomic mass is 10.1. The van der Waals surface area contributed by atoms with E-state index in [2.05, 4.69) is 9.97 Å². The highest BCUT2D eigenvalue weighted by atomic mass is 16.5. The van der Waals surface area contributed by atoms with Crippen molar-refractivity contribution in [1.29, 1.82) is 0 Å². The van der Waals surface area contributed by atoms with Gasteiger partial charge >= 0.3 is 5.97 Å². The van der Waals surface area contributed by atoms with Gasteiger partial charge in [0.1, 0.15) is 6.61 Å². The molecule has 0 saturated carbocycles. The number of carbonyl (C=O) groups excluding carboxylic acids is 1. The number of aromatic nitrogens is 2. The van der Waals surface area contributed by atoms with E-state index in [0.29, 0.717) is 23.6 Å². The summed E-state index contributed by atoms with van der Waals surface area (Å²) in [4.78, 5) is 21.2. The molecule has 0 bridgehead atoms. The first-order valence-corrected chi connectivity index (χ1v) is 8.69. The van der Waals surface area contributed by atoms with Gasteiger partial charge in [0.15, 0.2) is 11.5 Å². The van der Waals surface area contributed by atoms with Gasteiger partial charge in [-0.05, 0) is 43.2 Å². The van der Waals surface area contributed by atoms with Crippen molar-refractivity contribution < 1.29 is 19.0 Å². The maximum Gasteiger partial charge on any atom is 0.306 e. The van der Waals surface area contributed by atoms with E-state index < -0.39 is 0 Å². The molecule has 1 heterocycles. The molecule has 0 aliphatic carbocycles. The Labute approximate surface area is 158 Å². The van der Waals surface area contributed by atoms with Crippen molar-refractivity contribution in [3.05, 3.63) is 59.4 Å². The Kier molecular flexibility index (Phi) is 5.86. The molecule has 3 rings (SSSR count). The predicted octanol–water partition coefficient (Wildman–Crippen LogP) is 3.63. The largest absolute Gasteiger partial charge is 0.493 e. The van der Waals surface area contributed by atoms with Crippen molar-refractivity contribution >= 4 is 17.0 Å². The Bertz CT molecular complexity index is 956. The van der Waals surface area contributed by atoms with Gasteiger partial charge in [-0.15, -0.1) is 0 Å². The number of aryl methyl sites for hydroxylation is 2. The quantitative estimate of drug-likeness (QED) is 0.595. The van der Waals surface area contributed by atoms with Gasteiger partial charge in [-0.3, -0.25) is 4.79 Å². The highest BCUT2D eigenvalue weighted by Crippen LogP contribution is 2.28. The van der Waals surface area contributed by atoms with Crippen LogP contribution in [0.3, 0.4) is 0 Å². The molecule has 0 aliphatic heterocycles. The molecule has 140 valence electrons. The van der Waals surface area contributed by atoms with Gasteiger partial charge in [-0.2, -0.15) is 0 Å². The number of benzene rings is 2. The summed E-state index contributed by atoms with van der Waals surface area (Å²) in [6, 6.07) is 13.2. The third-order valence-corrected chi connectivity index (χ3v) is 4.28. The van der Waals surface area contributed by atoms with Crippen LogP contribution in [0.4, 0.5) is 0 Å². The van der Waals surface area contributed by atoms with E-state index in [1.807, 2.05) is 49.4 Å². The predicted molar refractivity (Wildman–Crippen MR) is 102 cm³/mol. The summed E-state index contributed by atoms with van der Waals surface area (Å²) in [5.41, 5.74) is 4.04. The first kappa shape index (κ1) is 18.6. The van der Waals surface area contributed by atoms with Gasteiger partial charge in [-0.25, -0.2) is 9.97 Å². The molecule has 6 heteroatoms. The second-order valence-corrected chi connectivity index (χ2v) is 6.09. The van der Waals surface area contributed by atoms with Crippen LogP contribution in [0.2, 0.25) is 0 Å². The summed E-state index contributed by atoms with van der Waals surface area (Å²) in [7, 11) is 3.18. The molecule has 0 saturated heterocycles. The second kappa shape index (κ2) is 8.49. The topological polar surface area (TPSA) is 70.5 Å². The van der Waals surface area contributed by atoms with Crippen LogP contribution in [-0.2, 0) is 22.6 Å².